The summed E-state index contributed by atoms with van der Waals surface area (Å²) >= 11 is 5.80. The number of ether oxygens (including phenoxy) is 2. The highest BCUT2D eigenvalue weighted by molar-refractivity contribution is 6.29. The Labute approximate surface area is 94.6 Å². The van der Waals surface area contributed by atoms with Gasteiger partial charge in [-0.1, -0.05) is 11.6 Å². The minimum Gasteiger partial charge on any atom is -0.382 e. The minimum absolute atomic E-state index is 0.0258. The van der Waals surface area contributed by atoms with Gasteiger partial charge in [-0.05, 0) is 19.9 Å². The van der Waals surface area contributed by atoms with E-state index in [-0.39, 0.29) is 6.10 Å². The van der Waals surface area contributed by atoms with Crippen molar-refractivity contribution in [1.29, 1.82) is 0 Å². The Kier molecular flexibility index (Phi) is 4.94. The van der Waals surface area contributed by atoms with Crippen molar-refractivity contribution < 1.29 is 9.47 Å². The molecule has 84 valence electrons. The van der Waals surface area contributed by atoms with E-state index in [0.29, 0.717) is 24.2 Å². The van der Waals surface area contributed by atoms with Gasteiger partial charge in [0, 0.05) is 12.8 Å². The number of halogens is 1. The Morgan fingerprint density at radius 1 is 1.47 bits per heavy atom. The predicted molar refractivity (Wildman–Crippen MR) is 57.9 cm³/mol. The van der Waals surface area contributed by atoms with Crippen molar-refractivity contribution in [2.45, 2.75) is 26.6 Å². The highest BCUT2D eigenvalue weighted by Gasteiger charge is 2.05. The summed E-state index contributed by atoms with van der Waals surface area (Å²) in [5.74, 6) is 0.600. The molecular weight excluding hydrogens is 216 g/mol. The Morgan fingerprint density at radius 2 is 2.20 bits per heavy atom. The number of rotatable bonds is 5. The average molecular weight is 231 g/mol. The lowest BCUT2D eigenvalue weighted by Crippen LogP contribution is -2.15. The molecule has 5 heteroatoms. The molecule has 0 aromatic carbocycles. The Bertz CT molecular complexity index is 300. The lowest BCUT2D eigenvalue weighted by atomic mass is 10.4. The quantitative estimate of drug-likeness (QED) is 0.726. The van der Waals surface area contributed by atoms with E-state index >= 15 is 0 Å². The van der Waals surface area contributed by atoms with Crippen molar-refractivity contribution in [1.82, 2.24) is 9.97 Å². The van der Waals surface area contributed by atoms with Crippen LogP contribution in [0.15, 0.2) is 6.07 Å². The molecule has 0 saturated heterocycles. The first-order valence-electron chi connectivity index (χ1n) is 4.72. The number of aromatic nitrogens is 2. The molecular formula is C10H15ClN2O2. The van der Waals surface area contributed by atoms with E-state index in [1.54, 1.807) is 13.2 Å². The standard InChI is InChI=1S/C10H15ClN2O2/c1-7-4-9(11)13-10(12-7)6-15-8(2)5-14-3/h4,8H,5-6H2,1-3H3. The van der Waals surface area contributed by atoms with Gasteiger partial charge in [-0.25, -0.2) is 9.97 Å². The van der Waals surface area contributed by atoms with Gasteiger partial charge >= 0.3 is 0 Å². The lowest BCUT2D eigenvalue weighted by Gasteiger charge is -2.11. The highest BCUT2D eigenvalue weighted by Crippen LogP contribution is 2.07. The second-order valence-electron chi connectivity index (χ2n) is 3.33. The number of nitrogens with zero attached hydrogens (tertiary/aromatic N) is 2. The molecule has 0 aliphatic heterocycles. The maximum atomic E-state index is 5.80. The number of aryl methyl sites for hydroxylation is 1. The molecule has 0 radical (unpaired) electrons. The number of hydrogen-bond donors (Lipinski definition) is 0. The summed E-state index contributed by atoms with van der Waals surface area (Å²) in [6.45, 7) is 4.71. The van der Waals surface area contributed by atoms with Crippen LogP contribution in [0.5, 0.6) is 0 Å². The third-order valence-corrected chi connectivity index (χ3v) is 1.96. The van der Waals surface area contributed by atoms with Crippen molar-refractivity contribution in [2.75, 3.05) is 13.7 Å². The third-order valence-electron chi connectivity index (χ3n) is 1.77. The largest absolute Gasteiger partial charge is 0.382 e. The molecule has 0 amide bonds. The van der Waals surface area contributed by atoms with Crippen LogP contribution in [-0.2, 0) is 16.1 Å². The molecule has 0 saturated carbocycles. The molecule has 1 aromatic heterocycles. The fourth-order valence-corrected chi connectivity index (χ4v) is 1.41. The van der Waals surface area contributed by atoms with Crippen molar-refractivity contribution >= 4 is 11.6 Å². The van der Waals surface area contributed by atoms with Crippen LogP contribution in [0.2, 0.25) is 5.15 Å². The van der Waals surface area contributed by atoms with Gasteiger partial charge in [-0.15, -0.1) is 0 Å². The zero-order valence-corrected chi connectivity index (χ0v) is 9.91. The van der Waals surface area contributed by atoms with Crippen LogP contribution in [0.1, 0.15) is 18.4 Å². The minimum atomic E-state index is 0.0258. The first-order chi connectivity index (χ1) is 7.11. The van der Waals surface area contributed by atoms with Gasteiger partial charge in [-0.3, -0.25) is 0 Å². The molecule has 1 rings (SSSR count). The third kappa shape index (κ3) is 4.55. The van der Waals surface area contributed by atoms with E-state index in [2.05, 4.69) is 9.97 Å². The van der Waals surface area contributed by atoms with Crippen LogP contribution in [0.3, 0.4) is 0 Å². The Balaban J connectivity index is 2.50. The van der Waals surface area contributed by atoms with E-state index in [0.717, 1.165) is 5.69 Å². The fraction of sp³-hybridized carbons (Fsp3) is 0.600. The Morgan fingerprint density at radius 3 is 2.80 bits per heavy atom. The van der Waals surface area contributed by atoms with Gasteiger partial charge in [-0.2, -0.15) is 0 Å². The maximum absolute atomic E-state index is 5.80. The van der Waals surface area contributed by atoms with E-state index in [9.17, 15) is 0 Å². The zero-order valence-electron chi connectivity index (χ0n) is 9.16. The summed E-state index contributed by atoms with van der Waals surface area (Å²) in [6, 6.07) is 1.71. The van der Waals surface area contributed by atoms with Gasteiger partial charge in [0.15, 0.2) is 5.82 Å². The summed E-state index contributed by atoms with van der Waals surface area (Å²) in [5.41, 5.74) is 0.841. The molecule has 1 atom stereocenters. The molecule has 0 fully saturated rings. The SMILES string of the molecule is COCC(C)OCc1nc(C)cc(Cl)n1. The molecule has 4 nitrogen and oxygen atoms in total. The molecule has 0 aliphatic carbocycles. The first kappa shape index (κ1) is 12.4. The normalized spacial score (nSPS) is 12.8. The molecule has 15 heavy (non-hydrogen) atoms. The van der Waals surface area contributed by atoms with Crippen LogP contribution in [-0.4, -0.2) is 29.8 Å². The number of methoxy groups -OCH3 is 1. The summed E-state index contributed by atoms with van der Waals surface area (Å²) in [7, 11) is 1.64. The summed E-state index contributed by atoms with van der Waals surface area (Å²) in [5, 5.41) is 0.445. The predicted octanol–water partition coefficient (Wildman–Crippen LogP) is 1.99. The molecule has 0 spiro atoms. The number of hydrogen-bond acceptors (Lipinski definition) is 4. The molecule has 1 aromatic rings. The molecule has 0 N–H and O–H groups in total. The first-order valence-corrected chi connectivity index (χ1v) is 5.10. The summed E-state index contributed by atoms with van der Waals surface area (Å²) in [6.07, 6.45) is 0.0258. The fourth-order valence-electron chi connectivity index (χ4n) is 1.15. The van der Waals surface area contributed by atoms with Gasteiger partial charge in [0.2, 0.25) is 0 Å². The van der Waals surface area contributed by atoms with Crippen molar-refractivity contribution in [2.24, 2.45) is 0 Å². The topological polar surface area (TPSA) is 44.2 Å². The van der Waals surface area contributed by atoms with E-state index in [4.69, 9.17) is 21.1 Å². The summed E-state index contributed by atoms with van der Waals surface area (Å²) < 4.78 is 10.4. The van der Waals surface area contributed by atoms with Crippen LogP contribution < -0.4 is 0 Å². The van der Waals surface area contributed by atoms with Gasteiger partial charge in [0.1, 0.15) is 11.8 Å². The monoisotopic (exact) mass is 230 g/mol. The van der Waals surface area contributed by atoms with Crippen LogP contribution in [0, 0.1) is 6.92 Å². The molecule has 1 unspecified atom stereocenters. The molecule has 1 heterocycles. The van der Waals surface area contributed by atoms with E-state index in [1.165, 1.54) is 0 Å². The van der Waals surface area contributed by atoms with Crippen LogP contribution in [0.4, 0.5) is 0 Å². The Hall–Kier alpha value is -0.710. The second kappa shape index (κ2) is 6.00. The van der Waals surface area contributed by atoms with Gasteiger partial charge in [0.05, 0.1) is 12.7 Å². The average Bonchev–Trinajstić information content (AvgIpc) is 2.14. The van der Waals surface area contributed by atoms with Crippen molar-refractivity contribution in [3.63, 3.8) is 0 Å². The molecule has 0 bridgehead atoms. The second-order valence-corrected chi connectivity index (χ2v) is 3.71. The van der Waals surface area contributed by atoms with Crippen LogP contribution >= 0.6 is 11.6 Å². The molecule has 0 aliphatic rings. The smallest absolute Gasteiger partial charge is 0.155 e. The van der Waals surface area contributed by atoms with Gasteiger partial charge < -0.3 is 9.47 Å². The maximum Gasteiger partial charge on any atom is 0.155 e. The summed E-state index contributed by atoms with van der Waals surface area (Å²) in [4.78, 5) is 8.26. The van der Waals surface area contributed by atoms with Crippen molar-refractivity contribution in [3.05, 3.63) is 22.7 Å². The van der Waals surface area contributed by atoms with Crippen molar-refractivity contribution in [3.8, 4) is 0 Å². The lowest BCUT2D eigenvalue weighted by molar-refractivity contribution is -0.00276. The zero-order chi connectivity index (χ0) is 11.3. The van der Waals surface area contributed by atoms with E-state index < -0.39 is 0 Å². The van der Waals surface area contributed by atoms with Gasteiger partial charge in [0.25, 0.3) is 0 Å². The van der Waals surface area contributed by atoms with Crippen LogP contribution in [0.25, 0.3) is 0 Å². The van der Waals surface area contributed by atoms with E-state index in [1.807, 2.05) is 13.8 Å². The highest BCUT2D eigenvalue weighted by atomic mass is 35.5.